The summed E-state index contributed by atoms with van der Waals surface area (Å²) in [6.07, 6.45) is 4.19. The van der Waals surface area contributed by atoms with Crippen molar-refractivity contribution < 1.29 is 24.2 Å². The number of carbonyl (C=O) groups is 3. The zero-order valence-electron chi connectivity index (χ0n) is 19.3. The molecule has 184 valence electrons. The summed E-state index contributed by atoms with van der Waals surface area (Å²) < 4.78 is 4.67. The molecule has 0 aromatic heterocycles. The highest BCUT2D eigenvalue weighted by molar-refractivity contribution is 8.02. The van der Waals surface area contributed by atoms with Crippen LogP contribution in [-0.2, 0) is 19.1 Å². The van der Waals surface area contributed by atoms with Gasteiger partial charge in [-0.05, 0) is 44.7 Å². The zero-order valence-corrected chi connectivity index (χ0v) is 20.9. The van der Waals surface area contributed by atoms with Crippen molar-refractivity contribution in [3.63, 3.8) is 0 Å². The summed E-state index contributed by atoms with van der Waals surface area (Å²) in [5.41, 5.74) is 0.566. The fourth-order valence-corrected chi connectivity index (χ4v) is 8.27. The van der Waals surface area contributed by atoms with Crippen LogP contribution in [0.3, 0.4) is 0 Å². The van der Waals surface area contributed by atoms with Crippen LogP contribution in [0.5, 0.6) is 0 Å². The number of unbranched alkanes of at least 4 members (excludes halogenated alkanes) is 1. The molecule has 1 aromatic carbocycles. The average molecular weight is 507 g/mol. The number of benzene rings is 1. The van der Waals surface area contributed by atoms with Crippen molar-refractivity contribution in [2.45, 2.75) is 48.6 Å². The van der Waals surface area contributed by atoms with Crippen molar-refractivity contribution >= 4 is 46.8 Å². The van der Waals surface area contributed by atoms with Gasteiger partial charge in [-0.15, -0.1) is 18.3 Å². The number of nitrogens with zero attached hydrogens (tertiary/aromatic N) is 2. The number of thioether (sulfide) groups is 1. The number of aliphatic hydroxyl groups excluding tert-OH is 1. The molecule has 4 rings (SSSR count). The SMILES string of the molecule is C=CCN(C(=O)C1N(CCCCO)C(=O)[C@@H]2[C@@H](C(=O)OCC)[C@H]3CCC12S3)c1ccccc1Cl. The second kappa shape index (κ2) is 10.3. The van der Waals surface area contributed by atoms with Gasteiger partial charge in [-0.25, -0.2) is 0 Å². The molecular formula is C25H31ClN2O5S. The van der Waals surface area contributed by atoms with Gasteiger partial charge < -0.3 is 19.6 Å². The minimum atomic E-state index is -0.727. The second-order valence-electron chi connectivity index (χ2n) is 8.96. The van der Waals surface area contributed by atoms with Crippen LogP contribution in [0.25, 0.3) is 0 Å². The van der Waals surface area contributed by atoms with E-state index in [2.05, 4.69) is 6.58 Å². The molecule has 1 aromatic rings. The summed E-state index contributed by atoms with van der Waals surface area (Å²) in [6, 6.07) is 6.40. The topological polar surface area (TPSA) is 87.2 Å². The van der Waals surface area contributed by atoms with Gasteiger partial charge >= 0.3 is 5.97 Å². The number of fused-ring (bicyclic) bond motifs is 1. The Hall–Kier alpha value is -2.03. The number of amides is 2. The van der Waals surface area contributed by atoms with Gasteiger partial charge in [0.05, 0.1) is 33.9 Å². The number of hydrogen-bond acceptors (Lipinski definition) is 6. The molecule has 3 saturated heterocycles. The van der Waals surface area contributed by atoms with Gasteiger partial charge in [0.25, 0.3) is 5.91 Å². The Morgan fingerprint density at radius 2 is 2.15 bits per heavy atom. The summed E-state index contributed by atoms with van der Waals surface area (Å²) in [5.74, 6) is -1.86. The van der Waals surface area contributed by atoms with E-state index in [1.807, 2.05) is 6.07 Å². The molecule has 2 unspecified atom stereocenters. The van der Waals surface area contributed by atoms with Gasteiger partial charge in [0.2, 0.25) is 5.91 Å². The van der Waals surface area contributed by atoms with E-state index in [9.17, 15) is 19.5 Å². The molecule has 2 amide bonds. The summed E-state index contributed by atoms with van der Waals surface area (Å²) >= 11 is 8.07. The van der Waals surface area contributed by atoms with Crippen LogP contribution in [0.4, 0.5) is 5.69 Å². The molecule has 5 atom stereocenters. The van der Waals surface area contributed by atoms with Crippen LogP contribution in [0.15, 0.2) is 36.9 Å². The highest BCUT2D eigenvalue weighted by Gasteiger charge is 2.74. The molecule has 1 spiro atoms. The van der Waals surface area contributed by atoms with Gasteiger partial charge in [0.15, 0.2) is 0 Å². The number of likely N-dealkylation sites (tertiary alicyclic amines) is 1. The molecule has 3 fully saturated rings. The Bertz CT molecular complexity index is 974. The number of carbonyl (C=O) groups excluding carboxylic acids is 3. The molecule has 0 aliphatic carbocycles. The Morgan fingerprint density at radius 3 is 2.82 bits per heavy atom. The summed E-state index contributed by atoms with van der Waals surface area (Å²) in [5, 5.41) is 9.70. The molecule has 9 heteroatoms. The first kappa shape index (κ1) is 25.1. The highest BCUT2D eigenvalue weighted by atomic mass is 35.5. The maximum atomic E-state index is 14.3. The largest absolute Gasteiger partial charge is 0.466 e. The molecule has 3 aliphatic heterocycles. The third-order valence-corrected chi connectivity index (χ3v) is 9.39. The van der Waals surface area contributed by atoms with Gasteiger partial charge in [0, 0.05) is 24.9 Å². The molecule has 2 bridgehead atoms. The lowest BCUT2D eigenvalue weighted by Gasteiger charge is -2.37. The van der Waals surface area contributed by atoms with Crippen LogP contribution >= 0.6 is 23.4 Å². The standard InChI is InChI=1S/C25H31ClN2O5S/c1-3-13-27(17-10-6-5-9-16(17)26)23(31)21-25-12-11-18(34-25)19(24(32)33-4-2)20(25)22(30)28(21)14-7-8-15-29/h3,5-6,9-10,18-21,29H,1,4,7-8,11-15H2,2H3/t18-,19+,20+,21?,25?/m1/s1. The fourth-order valence-electron chi connectivity index (χ4n) is 5.83. The Labute approximate surface area is 209 Å². The van der Waals surface area contributed by atoms with E-state index in [1.165, 1.54) is 0 Å². The summed E-state index contributed by atoms with van der Waals surface area (Å²) in [4.78, 5) is 44.2. The minimum Gasteiger partial charge on any atom is -0.466 e. The Balaban J connectivity index is 1.76. The van der Waals surface area contributed by atoms with Gasteiger partial charge in [0.1, 0.15) is 6.04 Å². The van der Waals surface area contributed by atoms with Crippen molar-refractivity contribution in [3.05, 3.63) is 41.9 Å². The first-order chi connectivity index (χ1) is 16.4. The number of para-hydroxylation sites is 1. The number of hydrogen-bond donors (Lipinski definition) is 1. The number of halogens is 1. The van der Waals surface area contributed by atoms with Crippen LogP contribution in [-0.4, -0.2) is 70.1 Å². The zero-order chi connectivity index (χ0) is 24.5. The predicted molar refractivity (Wildman–Crippen MR) is 133 cm³/mol. The maximum Gasteiger partial charge on any atom is 0.310 e. The summed E-state index contributed by atoms with van der Waals surface area (Å²) in [7, 11) is 0. The van der Waals surface area contributed by atoms with Crippen molar-refractivity contribution in [2.75, 3.05) is 31.2 Å². The Kier molecular flexibility index (Phi) is 7.60. The van der Waals surface area contributed by atoms with E-state index in [4.69, 9.17) is 16.3 Å². The highest BCUT2D eigenvalue weighted by Crippen LogP contribution is 2.66. The van der Waals surface area contributed by atoms with Gasteiger partial charge in [-0.1, -0.05) is 29.8 Å². The lowest BCUT2D eigenvalue weighted by atomic mass is 9.71. The molecule has 1 N–H and O–H groups in total. The average Bonchev–Trinajstić information content (AvgIpc) is 3.46. The van der Waals surface area contributed by atoms with Gasteiger partial charge in [-0.3, -0.25) is 14.4 Å². The van der Waals surface area contributed by atoms with Crippen molar-refractivity contribution in [3.8, 4) is 0 Å². The van der Waals surface area contributed by atoms with E-state index in [0.29, 0.717) is 36.5 Å². The minimum absolute atomic E-state index is 0.0136. The number of rotatable bonds is 10. The van der Waals surface area contributed by atoms with E-state index in [-0.39, 0.29) is 42.8 Å². The third-order valence-electron chi connectivity index (χ3n) is 7.12. The predicted octanol–water partition coefficient (Wildman–Crippen LogP) is 3.29. The fraction of sp³-hybridized carbons (Fsp3) is 0.560. The van der Waals surface area contributed by atoms with Crippen LogP contribution in [0.2, 0.25) is 5.02 Å². The van der Waals surface area contributed by atoms with Crippen LogP contribution in [0.1, 0.15) is 32.6 Å². The molecule has 7 nitrogen and oxygen atoms in total. The smallest absolute Gasteiger partial charge is 0.310 e. The van der Waals surface area contributed by atoms with E-state index in [1.54, 1.807) is 52.8 Å². The van der Waals surface area contributed by atoms with E-state index < -0.39 is 22.6 Å². The molecule has 3 aliphatic rings. The maximum absolute atomic E-state index is 14.3. The molecule has 3 heterocycles. The monoisotopic (exact) mass is 506 g/mol. The molecule has 0 radical (unpaired) electrons. The lowest BCUT2D eigenvalue weighted by molar-refractivity contribution is -0.153. The van der Waals surface area contributed by atoms with Crippen LogP contribution in [0, 0.1) is 11.8 Å². The van der Waals surface area contributed by atoms with Gasteiger partial charge in [-0.2, -0.15) is 0 Å². The quantitative estimate of drug-likeness (QED) is 0.298. The van der Waals surface area contributed by atoms with Crippen LogP contribution < -0.4 is 4.90 Å². The number of anilines is 1. The van der Waals surface area contributed by atoms with Crippen molar-refractivity contribution in [1.82, 2.24) is 4.90 Å². The lowest BCUT2D eigenvalue weighted by Crippen LogP contribution is -2.55. The summed E-state index contributed by atoms with van der Waals surface area (Å²) in [6.45, 7) is 6.43. The van der Waals surface area contributed by atoms with Crippen molar-refractivity contribution in [1.29, 1.82) is 0 Å². The number of ether oxygens (including phenoxy) is 1. The number of aliphatic hydroxyl groups is 1. The van der Waals surface area contributed by atoms with E-state index >= 15 is 0 Å². The number of esters is 1. The Morgan fingerprint density at radius 1 is 1.38 bits per heavy atom. The molecular weight excluding hydrogens is 476 g/mol. The second-order valence-corrected chi connectivity index (χ2v) is 11.0. The third kappa shape index (κ3) is 4.03. The first-order valence-electron chi connectivity index (χ1n) is 11.8. The van der Waals surface area contributed by atoms with E-state index in [0.717, 1.165) is 6.42 Å². The normalized spacial score (nSPS) is 29.3. The molecule has 34 heavy (non-hydrogen) atoms. The first-order valence-corrected chi connectivity index (χ1v) is 13.1. The van der Waals surface area contributed by atoms with Crippen molar-refractivity contribution in [2.24, 2.45) is 11.8 Å². The molecule has 0 saturated carbocycles.